The molecular formula is C19H29NO5. The highest BCUT2D eigenvalue weighted by atomic mass is 16.6. The Balaban J connectivity index is 2.14. The average Bonchev–Trinajstić information content (AvgIpc) is 2.53. The van der Waals surface area contributed by atoms with E-state index >= 15 is 0 Å². The van der Waals surface area contributed by atoms with E-state index in [4.69, 9.17) is 14.2 Å². The van der Waals surface area contributed by atoms with Crippen LogP contribution in [0, 0.1) is 6.92 Å². The van der Waals surface area contributed by atoms with Crippen molar-refractivity contribution in [3.8, 4) is 5.75 Å². The van der Waals surface area contributed by atoms with Gasteiger partial charge in [0.1, 0.15) is 11.4 Å². The van der Waals surface area contributed by atoms with Gasteiger partial charge in [-0.25, -0.2) is 4.79 Å². The number of carbonyl (C=O) groups is 1. The number of amides is 1. The van der Waals surface area contributed by atoms with Gasteiger partial charge in [0.25, 0.3) is 0 Å². The van der Waals surface area contributed by atoms with Crippen LogP contribution in [0.1, 0.15) is 31.9 Å². The minimum absolute atomic E-state index is 0.286. The molecule has 1 aliphatic heterocycles. The lowest BCUT2D eigenvalue weighted by atomic mass is 9.98. The normalized spacial score (nSPS) is 19.4. The smallest absolute Gasteiger partial charge is 0.410 e. The number of morpholine rings is 1. The third kappa shape index (κ3) is 5.34. The van der Waals surface area contributed by atoms with Crippen molar-refractivity contribution < 1.29 is 24.1 Å². The molecule has 0 aromatic heterocycles. The Morgan fingerprint density at radius 2 is 2.16 bits per heavy atom. The maximum atomic E-state index is 12.5. The van der Waals surface area contributed by atoms with Crippen molar-refractivity contribution in [1.29, 1.82) is 0 Å². The maximum Gasteiger partial charge on any atom is 0.410 e. The van der Waals surface area contributed by atoms with Crippen LogP contribution in [0.4, 0.5) is 4.79 Å². The van der Waals surface area contributed by atoms with Crippen LogP contribution < -0.4 is 4.74 Å². The van der Waals surface area contributed by atoms with Gasteiger partial charge in [0, 0.05) is 13.0 Å². The van der Waals surface area contributed by atoms with Crippen LogP contribution in [0.5, 0.6) is 5.75 Å². The first kappa shape index (κ1) is 19.5. The molecule has 1 aliphatic rings. The van der Waals surface area contributed by atoms with Crippen molar-refractivity contribution in [1.82, 2.24) is 4.90 Å². The number of hydrogen-bond donors (Lipinski definition) is 1. The molecule has 0 aliphatic carbocycles. The van der Waals surface area contributed by atoms with Crippen molar-refractivity contribution in [3.05, 3.63) is 29.3 Å². The Morgan fingerprint density at radius 3 is 2.80 bits per heavy atom. The first-order valence-corrected chi connectivity index (χ1v) is 8.60. The molecule has 6 nitrogen and oxygen atoms in total. The highest BCUT2D eigenvalue weighted by Gasteiger charge is 2.35. The third-order valence-electron chi connectivity index (χ3n) is 4.10. The van der Waals surface area contributed by atoms with Crippen LogP contribution in [0.3, 0.4) is 0 Å². The molecule has 6 heteroatoms. The van der Waals surface area contributed by atoms with Gasteiger partial charge in [-0.05, 0) is 39.3 Å². The standard InChI is InChI=1S/C19H29NO5/c1-13-6-7-17(23-5)14(10-13)11-16(21)15-12-24-9-8-20(15)18(22)25-19(2,3)4/h6-7,10,15-16,21H,8-9,11-12H2,1-5H3. The van der Waals surface area contributed by atoms with Gasteiger partial charge in [0.05, 0.1) is 32.5 Å². The van der Waals surface area contributed by atoms with E-state index in [9.17, 15) is 9.90 Å². The minimum Gasteiger partial charge on any atom is -0.496 e. The van der Waals surface area contributed by atoms with Gasteiger partial charge in [-0.15, -0.1) is 0 Å². The molecule has 2 rings (SSSR count). The molecule has 1 saturated heterocycles. The van der Waals surface area contributed by atoms with Crippen molar-refractivity contribution in [3.63, 3.8) is 0 Å². The summed E-state index contributed by atoms with van der Waals surface area (Å²) in [4.78, 5) is 14.0. The Labute approximate surface area is 149 Å². The summed E-state index contributed by atoms with van der Waals surface area (Å²) in [5, 5.41) is 10.8. The molecule has 1 heterocycles. The summed E-state index contributed by atoms with van der Waals surface area (Å²) in [6.45, 7) is 8.61. The Morgan fingerprint density at radius 1 is 1.44 bits per heavy atom. The van der Waals surface area contributed by atoms with Crippen LogP contribution in [0.2, 0.25) is 0 Å². The SMILES string of the molecule is COc1ccc(C)cc1CC(O)C1COCCN1C(=O)OC(C)(C)C. The zero-order valence-corrected chi connectivity index (χ0v) is 15.7. The third-order valence-corrected chi connectivity index (χ3v) is 4.10. The molecule has 1 aromatic carbocycles. The Bertz CT molecular complexity index is 596. The second-order valence-corrected chi connectivity index (χ2v) is 7.40. The number of aryl methyl sites for hydroxylation is 1. The monoisotopic (exact) mass is 351 g/mol. The quantitative estimate of drug-likeness (QED) is 0.903. The van der Waals surface area contributed by atoms with E-state index in [1.807, 2.05) is 45.9 Å². The predicted molar refractivity (Wildman–Crippen MR) is 95.0 cm³/mol. The van der Waals surface area contributed by atoms with Crippen LogP contribution in [-0.2, 0) is 15.9 Å². The van der Waals surface area contributed by atoms with Crippen LogP contribution in [-0.4, -0.2) is 60.7 Å². The van der Waals surface area contributed by atoms with Crippen molar-refractivity contribution in [2.45, 2.75) is 51.9 Å². The summed E-state index contributed by atoms with van der Waals surface area (Å²) in [5.41, 5.74) is 1.42. The van der Waals surface area contributed by atoms with Gasteiger partial charge in [-0.3, -0.25) is 4.90 Å². The first-order valence-electron chi connectivity index (χ1n) is 8.60. The fraction of sp³-hybridized carbons (Fsp3) is 0.632. The van der Waals surface area contributed by atoms with E-state index in [1.165, 1.54) is 0 Å². The van der Waals surface area contributed by atoms with Crippen molar-refractivity contribution >= 4 is 6.09 Å². The molecule has 1 amide bonds. The lowest BCUT2D eigenvalue weighted by Crippen LogP contribution is -2.55. The molecular weight excluding hydrogens is 322 g/mol. The molecule has 0 radical (unpaired) electrons. The van der Waals surface area contributed by atoms with Gasteiger partial charge in [0.15, 0.2) is 0 Å². The zero-order chi connectivity index (χ0) is 18.6. The first-order chi connectivity index (χ1) is 11.7. The molecule has 1 N–H and O–H groups in total. The molecule has 1 fully saturated rings. The number of aliphatic hydroxyl groups is 1. The van der Waals surface area contributed by atoms with Crippen LogP contribution in [0.15, 0.2) is 18.2 Å². The fourth-order valence-corrected chi connectivity index (χ4v) is 2.92. The molecule has 1 aromatic rings. The fourth-order valence-electron chi connectivity index (χ4n) is 2.92. The molecule has 0 saturated carbocycles. The molecule has 140 valence electrons. The number of hydrogen-bond acceptors (Lipinski definition) is 5. The zero-order valence-electron chi connectivity index (χ0n) is 15.7. The largest absolute Gasteiger partial charge is 0.496 e. The van der Waals surface area contributed by atoms with E-state index in [1.54, 1.807) is 12.0 Å². The average molecular weight is 351 g/mol. The Hall–Kier alpha value is -1.79. The number of aliphatic hydroxyl groups excluding tert-OH is 1. The number of ether oxygens (including phenoxy) is 3. The molecule has 0 spiro atoms. The number of benzene rings is 1. The number of nitrogens with zero attached hydrogens (tertiary/aromatic N) is 1. The summed E-state index contributed by atoms with van der Waals surface area (Å²) in [6.07, 6.45) is -0.822. The van der Waals surface area contributed by atoms with Gasteiger partial charge >= 0.3 is 6.09 Å². The maximum absolute atomic E-state index is 12.5. The summed E-state index contributed by atoms with van der Waals surface area (Å²) < 4.78 is 16.3. The number of rotatable bonds is 4. The van der Waals surface area contributed by atoms with Gasteiger partial charge < -0.3 is 19.3 Å². The van der Waals surface area contributed by atoms with Gasteiger partial charge in [-0.2, -0.15) is 0 Å². The summed E-state index contributed by atoms with van der Waals surface area (Å²) >= 11 is 0. The molecule has 25 heavy (non-hydrogen) atoms. The minimum atomic E-state index is -0.775. The summed E-state index contributed by atoms with van der Waals surface area (Å²) in [6, 6.07) is 5.39. The van der Waals surface area contributed by atoms with Gasteiger partial charge in [0.2, 0.25) is 0 Å². The second-order valence-electron chi connectivity index (χ2n) is 7.40. The van der Waals surface area contributed by atoms with Crippen LogP contribution >= 0.6 is 0 Å². The van der Waals surface area contributed by atoms with E-state index in [2.05, 4.69) is 0 Å². The summed E-state index contributed by atoms with van der Waals surface area (Å²) in [5.74, 6) is 0.727. The summed E-state index contributed by atoms with van der Waals surface area (Å²) in [7, 11) is 1.61. The van der Waals surface area contributed by atoms with Gasteiger partial charge in [-0.1, -0.05) is 17.7 Å². The number of carbonyl (C=O) groups excluding carboxylic acids is 1. The van der Waals surface area contributed by atoms with E-state index in [0.717, 1.165) is 16.9 Å². The topological polar surface area (TPSA) is 68.2 Å². The molecule has 2 atom stereocenters. The van der Waals surface area contributed by atoms with E-state index in [0.29, 0.717) is 19.6 Å². The highest BCUT2D eigenvalue weighted by Crippen LogP contribution is 2.24. The predicted octanol–water partition coefficient (Wildman–Crippen LogP) is 2.54. The number of methoxy groups -OCH3 is 1. The highest BCUT2D eigenvalue weighted by molar-refractivity contribution is 5.68. The lowest BCUT2D eigenvalue weighted by molar-refractivity contribution is -0.0660. The Kier molecular flexibility index (Phi) is 6.30. The molecule has 0 bridgehead atoms. The lowest BCUT2D eigenvalue weighted by Gasteiger charge is -2.39. The molecule has 2 unspecified atom stereocenters. The second kappa shape index (κ2) is 8.06. The van der Waals surface area contributed by atoms with Crippen molar-refractivity contribution in [2.75, 3.05) is 26.9 Å². The van der Waals surface area contributed by atoms with Crippen LogP contribution in [0.25, 0.3) is 0 Å². The van der Waals surface area contributed by atoms with E-state index < -0.39 is 23.8 Å². The van der Waals surface area contributed by atoms with E-state index in [-0.39, 0.29) is 6.61 Å². The van der Waals surface area contributed by atoms with Crippen molar-refractivity contribution in [2.24, 2.45) is 0 Å².